The minimum absolute atomic E-state index is 0.0779. The number of allylic oxidation sites excluding steroid dienone is 1. The normalized spacial score (nSPS) is 22.7. The number of amides is 1. The van der Waals surface area contributed by atoms with Crippen molar-refractivity contribution in [1.29, 1.82) is 0 Å². The summed E-state index contributed by atoms with van der Waals surface area (Å²) < 4.78 is 25.1. The van der Waals surface area contributed by atoms with Crippen LogP contribution in [0.4, 0.5) is 4.39 Å². The molecule has 2 atom stereocenters. The Morgan fingerprint density at radius 1 is 1.21 bits per heavy atom. The molecule has 2 aliphatic rings. The van der Waals surface area contributed by atoms with Crippen molar-refractivity contribution in [3.63, 3.8) is 0 Å². The van der Waals surface area contributed by atoms with Crippen LogP contribution in [0, 0.1) is 5.82 Å². The molecule has 0 aromatic heterocycles. The van der Waals surface area contributed by atoms with Crippen LogP contribution < -0.4 is 0 Å². The van der Waals surface area contributed by atoms with Crippen LogP contribution in [0.5, 0.6) is 0 Å². The molecule has 0 saturated heterocycles. The molecule has 160 valence electrons. The average molecular weight is 406 g/mol. The molecular weight excluding hydrogens is 373 g/mol. The van der Waals surface area contributed by atoms with Crippen LogP contribution in [0.15, 0.2) is 36.1 Å². The minimum Gasteiger partial charge on any atom is -0.459 e. The number of ether oxygens (including phenoxy) is 2. The quantitative estimate of drug-likeness (QED) is 0.661. The lowest BCUT2D eigenvalue weighted by atomic mass is 9.92. The fourth-order valence-electron chi connectivity index (χ4n) is 4.09. The van der Waals surface area contributed by atoms with Gasteiger partial charge in [-0.3, -0.25) is 4.79 Å². The number of hydrogen-bond acceptors (Lipinski definition) is 4. The van der Waals surface area contributed by atoms with Gasteiger partial charge in [0, 0.05) is 32.0 Å². The molecule has 0 radical (unpaired) electrons. The second kappa shape index (κ2) is 10.7. The van der Waals surface area contributed by atoms with Gasteiger partial charge in [-0.2, -0.15) is 0 Å². The number of likely N-dealkylation sites (N-methyl/N-ethyl adjacent to an activating group) is 1. The molecule has 3 rings (SSSR count). The smallest absolute Gasteiger partial charge is 0.288 e. The van der Waals surface area contributed by atoms with Crippen molar-refractivity contribution in [2.45, 2.75) is 69.6 Å². The Morgan fingerprint density at radius 2 is 1.93 bits per heavy atom. The van der Waals surface area contributed by atoms with Crippen LogP contribution in [0.3, 0.4) is 0 Å². The predicted molar refractivity (Wildman–Crippen MR) is 109 cm³/mol. The van der Waals surface area contributed by atoms with Crippen molar-refractivity contribution in [3.05, 3.63) is 47.5 Å². The number of carbonyl (C=O) groups excluding carboxylic acids is 1. The van der Waals surface area contributed by atoms with Gasteiger partial charge in [0.05, 0.1) is 6.61 Å². The Hall–Kier alpha value is -1.92. The van der Waals surface area contributed by atoms with E-state index in [1.54, 1.807) is 17.0 Å². The molecule has 1 saturated carbocycles. The van der Waals surface area contributed by atoms with E-state index in [2.05, 4.69) is 0 Å². The minimum atomic E-state index is -0.535. The van der Waals surface area contributed by atoms with Crippen LogP contribution in [0.25, 0.3) is 0 Å². The summed E-state index contributed by atoms with van der Waals surface area (Å²) in [6, 6.07) is 6.61. The van der Waals surface area contributed by atoms with Crippen molar-refractivity contribution >= 4 is 5.91 Å². The number of aliphatic hydroxyl groups excluding tert-OH is 1. The molecule has 1 aliphatic heterocycles. The SMILES string of the molecule is CN(C(=O)C1=C[C@H](c2ccc(F)cc2)C[C@H](OCCCCO)O1)C1CCCCC1. The lowest BCUT2D eigenvalue weighted by Crippen LogP contribution is -2.41. The third kappa shape index (κ3) is 6.03. The zero-order valence-electron chi connectivity index (χ0n) is 17.2. The Labute approximate surface area is 172 Å². The molecule has 1 aromatic rings. The first kappa shape index (κ1) is 21.8. The molecular formula is C23H32FNO4. The van der Waals surface area contributed by atoms with Gasteiger partial charge >= 0.3 is 0 Å². The number of halogens is 1. The molecule has 0 bridgehead atoms. The summed E-state index contributed by atoms with van der Waals surface area (Å²) in [6.45, 7) is 0.588. The summed E-state index contributed by atoms with van der Waals surface area (Å²) in [5, 5.41) is 8.94. The Bertz CT molecular complexity index is 685. The molecule has 1 heterocycles. The Morgan fingerprint density at radius 3 is 2.62 bits per heavy atom. The van der Waals surface area contributed by atoms with E-state index in [1.807, 2.05) is 13.1 Å². The van der Waals surface area contributed by atoms with Crippen molar-refractivity contribution in [3.8, 4) is 0 Å². The van der Waals surface area contributed by atoms with Gasteiger partial charge in [-0.15, -0.1) is 0 Å². The summed E-state index contributed by atoms with van der Waals surface area (Å²) >= 11 is 0. The highest BCUT2D eigenvalue weighted by Crippen LogP contribution is 2.33. The van der Waals surface area contributed by atoms with E-state index in [4.69, 9.17) is 14.6 Å². The second-order valence-corrected chi connectivity index (χ2v) is 7.98. The summed E-state index contributed by atoms with van der Waals surface area (Å²) in [5.41, 5.74) is 0.935. The van der Waals surface area contributed by atoms with E-state index in [1.165, 1.54) is 18.6 Å². The van der Waals surface area contributed by atoms with Gasteiger partial charge in [-0.25, -0.2) is 4.39 Å². The molecule has 1 aliphatic carbocycles. The predicted octanol–water partition coefficient (Wildman–Crippen LogP) is 4.12. The Balaban J connectivity index is 1.74. The monoisotopic (exact) mass is 405 g/mol. The van der Waals surface area contributed by atoms with Crippen LogP contribution in [-0.4, -0.2) is 48.5 Å². The lowest BCUT2D eigenvalue weighted by molar-refractivity contribution is -0.153. The average Bonchev–Trinajstić information content (AvgIpc) is 2.76. The first-order valence-electron chi connectivity index (χ1n) is 10.7. The van der Waals surface area contributed by atoms with Crippen LogP contribution in [0.2, 0.25) is 0 Å². The molecule has 6 heteroatoms. The van der Waals surface area contributed by atoms with Crippen LogP contribution in [0.1, 0.15) is 62.8 Å². The van der Waals surface area contributed by atoms with E-state index < -0.39 is 6.29 Å². The number of rotatable bonds is 8. The highest BCUT2D eigenvalue weighted by Gasteiger charge is 2.32. The highest BCUT2D eigenvalue weighted by molar-refractivity contribution is 5.91. The van der Waals surface area contributed by atoms with Gasteiger partial charge < -0.3 is 19.5 Å². The molecule has 5 nitrogen and oxygen atoms in total. The molecule has 29 heavy (non-hydrogen) atoms. The fourth-order valence-corrected chi connectivity index (χ4v) is 4.09. The van der Waals surface area contributed by atoms with Gasteiger partial charge in [-0.1, -0.05) is 31.4 Å². The number of carbonyl (C=O) groups is 1. The zero-order chi connectivity index (χ0) is 20.6. The highest BCUT2D eigenvalue weighted by atomic mass is 19.1. The van der Waals surface area contributed by atoms with Gasteiger partial charge in [0.1, 0.15) is 5.82 Å². The third-order valence-electron chi connectivity index (χ3n) is 5.87. The standard InChI is InChI=1S/C23H32FNO4/c1-25(20-7-3-2-4-8-20)23(27)21-15-18(17-9-11-19(24)12-10-17)16-22(29-21)28-14-6-5-13-26/h9-12,15,18,20,22,26H,2-8,13-14,16H2,1H3/t18-,22+/m0/s1. The molecule has 0 spiro atoms. The third-order valence-corrected chi connectivity index (χ3v) is 5.87. The van der Waals surface area contributed by atoms with Gasteiger partial charge in [0.15, 0.2) is 5.76 Å². The van der Waals surface area contributed by atoms with E-state index in [0.29, 0.717) is 25.2 Å². The van der Waals surface area contributed by atoms with E-state index in [0.717, 1.165) is 37.7 Å². The molecule has 1 amide bonds. The fraction of sp³-hybridized carbons (Fsp3) is 0.609. The summed E-state index contributed by atoms with van der Waals surface area (Å²) in [6.07, 6.45) is 8.86. The van der Waals surface area contributed by atoms with E-state index >= 15 is 0 Å². The number of unbranched alkanes of at least 4 members (excludes halogenated alkanes) is 1. The van der Waals surface area contributed by atoms with Gasteiger partial charge in [0.2, 0.25) is 6.29 Å². The molecule has 1 N–H and O–H groups in total. The summed E-state index contributed by atoms with van der Waals surface area (Å²) in [7, 11) is 1.85. The van der Waals surface area contributed by atoms with Crippen molar-refractivity contribution in [2.24, 2.45) is 0 Å². The maximum absolute atomic E-state index is 13.3. The van der Waals surface area contributed by atoms with E-state index in [9.17, 15) is 9.18 Å². The largest absolute Gasteiger partial charge is 0.459 e. The second-order valence-electron chi connectivity index (χ2n) is 7.98. The number of benzene rings is 1. The van der Waals surface area contributed by atoms with Crippen molar-refractivity contribution in [2.75, 3.05) is 20.3 Å². The summed E-state index contributed by atoms with van der Waals surface area (Å²) in [5.74, 6) is -0.167. The van der Waals surface area contributed by atoms with Gasteiger partial charge in [0.25, 0.3) is 5.91 Å². The Kier molecular flexibility index (Phi) is 8.07. The number of aliphatic hydroxyl groups is 1. The first-order valence-corrected chi connectivity index (χ1v) is 10.7. The lowest BCUT2D eigenvalue weighted by Gasteiger charge is -2.34. The number of nitrogens with zero attached hydrogens (tertiary/aromatic N) is 1. The van der Waals surface area contributed by atoms with Crippen LogP contribution in [-0.2, 0) is 14.3 Å². The molecule has 1 fully saturated rings. The summed E-state index contributed by atoms with van der Waals surface area (Å²) in [4.78, 5) is 14.9. The van der Waals surface area contributed by atoms with E-state index in [-0.39, 0.29) is 30.3 Å². The first-order chi connectivity index (χ1) is 14.1. The van der Waals surface area contributed by atoms with Crippen molar-refractivity contribution < 1.29 is 23.8 Å². The van der Waals surface area contributed by atoms with Crippen LogP contribution >= 0.6 is 0 Å². The zero-order valence-corrected chi connectivity index (χ0v) is 17.2. The molecule has 0 unspecified atom stereocenters. The maximum atomic E-state index is 13.3. The van der Waals surface area contributed by atoms with Gasteiger partial charge in [-0.05, 0) is 49.5 Å². The topological polar surface area (TPSA) is 59.0 Å². The molecule has 1 aromatic carbocycles. The van der Waals surface area contributed by atoms with Crippen molar-refractivity contribution in [1.82, 2.24) is 4.90 Å². The number of hydrogen-bond donors (Lipinski definition) is 1. The maximum Gasteiger partial charge on any atom is 0.288 e.